The standard InChI is InChI=1S/C25H35ClN4O5/c1-16(2)15-35-23(32)13-21-25(34)27-10-11-30(21)22(31)14-28-18-8-9-20(26)19(12-18)24(33)29-17-6-4-3-5-7-17/h8-9,12,16-17,21,28H,3-7,10-11,13-15H2,1-2H3,(H,27,34)(H,29,33). The zero-order chi connectivity index (χ0) is 25.4. The number of nitrogens with zero attached hydrogens (tertiary/aromatic N) is 1. The van der Waals surface area contributed by atoms with Gasteiger partial charge in [-0.3, -0.25) is 19.2 Å². The summed E-state index contributed by atoms with van der Waals surface area (Å²) in [5, 5.41) is 9.11. The minimum absolute atomic E-state index is 0.101. The molecule has 192 valence electrons. The van der Waals surface area contributed by atoms with Crippen LogP contribution in [0.5, 0.6) is 0 Å². The first-order valence-electron chi connectivity index (χ1n) is 12.3. The van der Waals surface area contributed by atoms with E-state index in [0.717, 1.165) is 25.7 Å². The molecular formula is C25H35ClN4O5. The molecule has 0 radical (unpaired) electrons. The van der Waals surface area contributed by atoms with Crippen molar-refractivity contribution in [1.82, 2.24) is 15.5 Å². The number of hydrogen-bond acceptors (Lipinski definition) is 6. The highest BCUT2D eigenvalue weighted by atomic mass is 35.5. The van der Waals surface area contributed by atoms with Crippen LogP contribution in [-0.4, -0.2) is 66.9 Å². The summed E-state index contributed by atoms with van der Waals surface area (Å²) in [6.07, 6.45) is 5.13. The third kappa shape index (κ3) is 7.85. The number of amides is 3. The Hall–Kier alpha value is -2.81. The van der Waals surface area contributed by atoms with E-state index >= 15 is 0 Å². The number of ether oxygens (including phenoxy) is 1. The van der Waals surface area contributed by atoms with E-state index in [0.29, 0.717) is 29.4 Å². The van der Waals surface area contributed by atoms with Crippen LogP contribution in [0, 0.1) is 5.92 Å². The predicted molar refractivity (Wildman–Crippen MR) is 133 cm³/mol. The first-order valence-corrected chi connectivity index (χ1v) is 12.7. The van der Waals surface area contributed by atoms with Gasteiger partial charge in [0.05, 0.1) is 30.2 Å². The van der Waals surface area contributed by atoms with Gasteiger partial charge >= 0.3 is 5.97 Å². The van der Waals surface area contributed by atoms with Crippen LogP contribution >= 0.6 is 11.6 Å². The molecule has 3 amide bonds. The molecule has 1 saturated heterocycles. The molecule has 3 N–H and O–H groups in total. The van der Waals surface area contributed by atoms with Crippen molar-refractivity contribution in [3.8, 4) is 0 Å². The van der Waals surface area contributed by atoms with Crippen molar-refractivity contribution >= 4 is 41.0 Å². The maximum absolute atomic E-state index is 12.9. The number of halogens is 1. The molecule has 10 heteroatoms. The number of hydrogen-bond donors (Lipinski definition) is 3. The van der Waals surface area contributed by atoms with E-state index in [1.165, 1.54) is 11.3 Å². The molecule has 1 unspecified atom stereocenters. The van der Waals surface area contributed by atoms with Crippen LogP contribution < -0.4 is 16.0 Å². The lowest BCUT2D eigenvalue weighted by Gasteiger charge is -2.34. The van der Waals surface area contributed by atoms with E-state index in [-0.39, 0.29) is 49.3 Å². The first kappa shape index (κ1) is 26.8. The minimum atomic E-state index is -0.917. The Labute approximate surface area is 211 Å². The van der Waals surface area contributed by atoms with Crippen LogP contribution in [-0.2, 0) is 19.1 Å². The third-order valence-corrected chi connectivity index (χ3v) is 6.51. The molecule has 2 aliphatic rings. The summed E-state index contributed by atoms with van der Waals surface area (Å²) in [6.45, 7) is 4.61. The number of carbonyl (C=O) groups is 4. The molecule has 0 spiro atoms. The average molecular weight is 507 g/mol. The van der Waals surface area contributed by atoms with Crippen molar-refractivity contribution in [2.24, 2.45) is 5.92 Å². The van der Waals surface area contributed by atoms with E-state index in [1.807, 2.05) is 13.8 Å². The number of esters is 1. The van der Waals surface area contributed by atoms with Crippen LogP contribution in [0.15, 0.2) is 18.2 Å². The van der Waals surface area contributed by atoms with Crippen molar-refractivity contribution in [2.75, 3.05) is 31.6 Å². The van der Waals surface area contributed by atoms with Crippen molar-refractivity contribution in [3.63, 3.8) is 0 Å². The highest BCUT2D eigenvalue weighted by molar-refractivity contribution is 6.34. The molecule has 3 rings (SSSR count). The molecule has 2 fully saturated rings. The molecule has 1 saturated carbocycles. The summed E-state index contributed by atoms with van der Waals surface area (Å²) >= 11 is 6.27. The molecule has 1 atom stereocenters. The fourth-order valence-corrected chi connectivity index (χ4v) is 4.49. The van der Waals surface area contributed by atoms with Gasteiger partial charge in [0.2, 0.25) is 11.8 Å². The molecule has 1 aliphatic heterocycles. The van der Waals surface area contributed by atoms with E-state index in [9.17, 15) is 19.2 Å². The van der Waals surface area contributed by atoms with Crippen molar-refractivity contribution in [2.45, 2.75) is 64.5 Å². The fourth-order valence-electron chi connectivity index (χ4n) is 4.29. The first-order chi connectivity index (χ1) is 16.7. The zero-order valence-electron chi connectivity index (χ0n) is 20.4. The number of nitrogens with one attached hydrogen (secondary N) is 3. The zero-order valence-corrected chi connectivity index (χ0v) is 21.2. The van der Waals surface area contributed by atoms with Gasteiger partial charge in [-0.25, -0.2) is 0 Å². The molecule has 1 aromatic rings. The predicted octanol–water partition coefficient (Wildman–Crippen LogP) is 2.73. The number of rotatable bonds is 9. The van der Waals surface area contributed by atoms with Gasteiger partial charge in [0.25, 0.3) is 5.91 Å². The van der Waals surface area contributed by atoms with Gasteiger partial charge in [0.15, 0.2) is 0 Å². The van der Waals surface area contributed by atoms with Gasteiger partial charge in [-0.15, -0.1) is 0 Å². The molecular weight excluding hydrogens is 472 g/mol. The number of carbonyl (C=O) groups excluding carboxylic acids is 4. The number of piperazine rings is 1. The Morgan fingerprint density at radius 1 is 1.20 bits per heavy atom. The van der Waals surface area contributed by atoms with Gasteiger partial charge < -0.3 is 25.6 Å². The summed E-state index contributed by atoms with van der Waals surface area (Å²) in [4.78, 5) is 51.7. The normalized spacial score (nSPS) is 18.7. The Bertz CT molecular complexity index is 932. The summed E-state index contributed by atoms with van der Waals surface area (Å²) in [6, 6.07) is 4.17. The molecule has 35 heavy (non-hydrogen) atoms. The van der Waals surface area contributed by atoms with Crippen LogP contribution in [0.1, 0.15) is 62.7 Å². The SMILES string of the molecule is CC(C)COC(=O)CC1C(=O)NCCN1C(=O)CNc1ccc(Cl)c(C(=O)NC2CCCCC2)c1. The highest BCUT2D eigenvalue weighted by Crippen LogP contribution is 2.23. The molecule has 0 aromatic heterocycles. The molecule has 0 bridgehead atoms. The molecule has 1 aromatic carbocycles. The quantitative estimate of drug-likeness (QED) is 0.443. The summed E-state index contributed by atoms with van der Waals surface area (Å²) in [5.74, 6) is -1.28. The summed E-state index contributed by atoms with van der Waals surface area (Å²) in [5.41, 5.74) is 0.906. The Kier molecular flexibility index (Phi) is 9.77. The lowest BCUT2D eigenvalue weighted by molar-refractivity contribution is -0.152. The van der Waals surface area contributed by atoms with Crippen molar-refractivity contribution in [3.05, 3.63) is 28.8 Å². The third-order valence-electron chi connectivity index (χ3n) is 6.18. The van der Waals surface area contributed by atoms with E-state index in [1.54, 1.807) is 18.2 Å². The van der Waals surface area contributed by atoms with E-state index in [4.69, 9.17) is 16.3 Å². The van der Waals surface area contributed by atoms with Gasteiger partial charge in [0, 0.05) is 24.8 Å². The van der Waals surface area contributed by atoms with Crippen molar-refractivity contribution in [1.29, 1.82) is 0 Å². The second kappa shape index (κ2) is 12.8. The summed E-state index contributed by atoms with van der Waals surface area (Å²) < 4.78 is 5.19. The fraction of sp³-hybridized carbons (Fsp3) is 0.600. The monoisotopic (exact) mass is 506 g/mol. The van der Waals surface area contributed by atoms with Crippen LogP contribution in [0.25, 0.3) is 0 Å². The second-order valence-corrected chi connectivity index (χ2v) is 9.94. The van der Waals surface area contributed by atoms with Gasteiger partial charge in [-0.05, 0) is 37.0 Å². The highest BCUT2D eigenvalue weighted by Gasteiger charge is 2.35. The second-order valence-electron chi connectivity index (χ2n) is 9.53. The maximum Gasteiger partial charge on any atom is 0.308 e. The Morgan fingerprint density at radius 3 is 2.66 bits per heavy atom. The number of benzene rings is 1. The lowest BCUT2D eigenvalue weighted by atomic mass is 9.95. The smallest absolute Gasteiger partial charge is 0.308 e. The minimum Gasteiger partial charge on any atom is -0.465 e. The Balaban J connectivity index is 1.59. The maximum atomic E-state index is 12.9. The van der Waals surface area contributed by atoms with Gasteiger partial charge in [0.1, 0.15) is 6.04 Å². The lowest BCUT2D eigenvalue weighted by Crippen LogP contribution is -2.58. The molecule has 1 aliphatic carbocycles. The largest absolute Gasteiger partial charge is 0.465 e. The van der Waals surface area contributed by atoms with E-state index < -0.39 is 12.0 Å². The summed E-state index contributed by atoms with van der Waals surface area (Å²) in [7, 11) is 0. The van der Waals surface area contributed by atoms with Crippen LogP contribution in [0.2, 0.25) is 5.02 Å². The van der Waals surface area contributed by atoms with Gasteiger partial charge in [-0.2, -0.15) is 0 Å². The molecule has 9 nitrogen and oxygen atoms in total. The van der Waals surface area contributed by atoms with Crippen LogP contribution in [0.4, 0.5) is 5.69 Å². The van der Waals surface area contributed by atoms with Crippen molar-refractivity contribution < 1.29 is 23.9 Å². The molecule has 1 heterocycles. The average Bonchev–Trinajstić information content (AvgIpc) is 2.83. The van der Waals surface area contributed by atoms with Gasteiger partial charge in [-0.1, -0.05) is 44.7 Å². The van der Waals surface area contributed by atoms with Crippen LogP contribution in [0.3, 0.4) is 0 Å². The Morgan fingerprint density at radius 2 is 1.94 bits per heavy atom. The van der Waals surface area contributed by atoms with E-state index in [2.05, 4.69) is 16.0 Å². The number of anilines is 1. The topological polar surface area (TPSA) is 117 Å².